The van der Waals surface area contributed by atoms with Gasteiger partial charge in [-0.1, -0.05) is 36.4 Å². The van der Waals surface area contributed by atoms with Gasteiger partial charge in [0.05, 0.1) is 0 Å². The highest BCUT2D eigenvalue weighted by Crippen LogP contribution is 2.46. The van der Waals surface area contributed by atoms with Crippen LogP contribution in [0.25, 0.3) is 0 Å². The molecule has 1 atom stereocenters. The molecule has 1 N–H and O–H groups in total. The van der Waals surface area contributed by atoms with Gasteiger partial charge in [-0.25, -0.2) is 0 Å². The summed E-state index contributed by atoms with van der Waals surface area (Å²) in [7, 11) is 0. The maximum atomic E-state index is 12.1. The van der Waals surface area contributed by atoms with E-state index in [1.165, 1.54) is 0 Å². The molecule has 2 nitrogen and oxygen atoms in total. The van der Waals surface area contributed by atoms with Crippen molar-refractivity contribution in [3.63, 3.8) is 0 Å². The first-order valence-electron chi connectivity index (χ1n) is 5.82. The largest absolute Gasteiger partial charge is 0.508 e. The predicted molar refractivity (Wildman–Crippen MR) is 72.1 cm³/mol. The average molecular weight is 256 g/mol. The molecule has 1 heterocycles. The van der Waals surface area contributed by atoms with Gasteiger partial charge in [0, 0.05) is 27.7 Å². The Bertz CT molecular complexity index is 607. The molecule has 1 unspecified atom stereocenters. The zero-order valence-electron chi connectivity index (χ0n) is 9.67. The molecule has 3 rings (SSSR count). The van der Waals surface area contributed by atoms with E-state index in [2.05, 4.69) is 0 Å². The summed E-state index contributed by atoms with van der Waals surface area (Å²) in [6.45, 7) is 0. The lowest BCUT2D eigenvalue weighted by Gasteiger charge is -2.23. The number of ketones is 1. The van der Waals surface area contributed by atoms with E-state index in [0.29, 0.717) is 6.42 Å². The number of fused-ring (bicyclic) bond motifs is 1. The summed E-state index contributed by atoms with van der Waals surface area (Å²) < 4.78 is 0. The van der Waals surface area contributed by atoms with Crippen molar-refractivity contribution in [1.29, 1.82) is 0 Å². The van der Waals surface area contributed by atoms with E-state index >= 15 is 0 Å². The number of phenols is 1. The minimum absolute atomic E-state index is 0.00796. The summed E-state index contributed by atoms with van der Waals surface area (Å²) in [6, 6.07) is 14.9. The normalized spacial score (nSPS) is 18.4. The topological polar surface area (TPSA) is 37.3 Å². The molecule has 0 amide bonds. The minimum atomic E-state index is 0.00796. The maximum Gasteiger partial charge on any atom is 0.165 e. The van der Waals surface area contributed by atoms with Crippen molar-refractivity contribution < 1.29 is 9.90 Å². The second-order valence-corrected chi connectivity index (χ2v) is 5.53. The number of hydrogen-bond donors (Lipinski definition) is 1. The van der Waals surface area contributed by atoms with Gasteiger partial charge < -0.3 is 5.11 Å². The van der Waals surface area contributed by atoms with Crippen LogP contribution in [0.4, 0.5) is 0 Å². The smallest absolute Gasteiger partial charge is 0.165 e. The van der Waals surface area contributed by atoms with Gasteiger partial charge in [0.1, 0.15) is 5.75 Å². The molecular weight excluding hydrogens is 244 g/mol. The van der Waals surface area contributed by atoms with Crippen molar-refractivity contribution in [3.05, 3.63) is 59.7 Å². The van der Waals surface area contributed by atoms with Crippen molar-refractivity contribution >= 4 is 17.5 Å². The molecule has 0 fully saturated rings. The number of Topliss-reactive ketones (excluding diaryl/α,β-unsaturated/α-hetero) is 1. The Hall–Kier alpha value is -1.74. The summed E-state index contributed by atoms with van der Waals surface area (Å²) in [4.78, 5) is 13.1. The predicted octanol–water partition coefficient (Wildman–Crippen LogP) is 3.81. The van der Waals surface area contributed by atoms with Crippen LogP contribution in [-0.4, -0.2) is 10.9 Å². The number of para-hydroxylation sites is 1. The zero-order valence-corrected chi connectivity index (χ0v) is 10.5. The van der Waals surface area contributed by atoms with Crippen LogP contribution in [0, 0.1) is 0 Å². The number of phenolic OH excluding ortho intramolecular Hbond substituents is 1. The van der Waals surface area contributed by atoms with Crippen LogP contribution in [0.15, 0.2) is 53.4 Å². The zero-order chi connectivity index (χ0) is 12.5. The Balaban J connectivity index is 2.00. The van der Waals surface area contributed by atoms with Crippen molar-refractivity contribution in [1.82, 2.24) is 0 Å². The van der Waals surface area contributed by atoms with E-state index in [-0.39, 0.29) is 16.8 Å². The summed E-state index contributed by atoms with van der Waals surface area (Å²) in [5, 5.41) is 9.88. The van der Waals surface area contributed by atoms with Gasteiger partial charge in [0.2, 0.25) is 0 Å². The molecule has 1 aliphatic rings. The Labute approximate surface area is 110 Å². The van der Waals surface area contributed by atoms with E-state index < -0.39 is 0 Å². The summed E-state index contributed by atoms with van der Waals surface area (Å²) in [6.07, 6.45) is 0.444. The molecule has 0 bridgehead atoms. The van der Waals surface area contributed by atoms with Gasteiger partial charge >= 0.3 is 0 Å². The number of rotatable bonds is 1. The molecule has 0 saturated carbocycles. The molecule has 1 aliphatic heterocycles. The van der Waals surface area contributed by atoms with Crippen molar-refractivity contribution in [3.8, 4) is 5.75 Å². The molecule has 0 saturated heterocycles. The number of thioether (sulfide) groups is 1. The van der Waals surface area contributed by atoms with Crippen LogP contribution in [0.3, 0.4) is 0 Å². The molecule has 2 aromatic carbocycles. The van der Waals surface area contributed by atoms with Crippen LogP contribution in [-0.2, 0) is 0 Å². The van der Waals surface area contributed by atoms with Crippen LogP contribution in [0.1, 0.15) is 27.6 Å². The molecule has 3 heteroatoms. The van der Waals surface area contributed by atoms with Gasteiger partial charge in [-0.3, -0.25) is 4.79 Å². The van der Waals surface area contributed by atoms with Crippen LogP contribution in [0.2, 0.25) is 0 Å². The van der Waals surface area contributed by atoms with E-state index in [4.69, 9.17) is 0 Å². The Morgan fingerprint density at radius 1 is 1.06 bits per heavy atom. The number of carbonyl (C=O) groups excluding carboxylic acids is 1. The fraction of sp³-hybridized carbons (Fsp3) is 0.133. The van der Waals surface area contributed by atoms with E-state index in [9.17, 15) is 9.90 Å². The highest BCUT2D eigenvalue weighted by atomic mass is 32.2. The van der Waals surface area contributed by atoms with Crippen LogP contribution in [0.5, 0.6) is 5.75 Å². The highest BCUT2D eigenvalue weighted by molar-refractivity contribution is 7.99. The quantitative estimate of drug-likeness (QED) is 0.843. The van der Waals surface area contributed by atoms with Crippen LogP contribution < -0.4 is 0 Å². The maximum absolute atomic E-state index is 12.1. The summed E-state index contributed by atoms with van der Waals surface area (Å²) >= 11 is 1.65. The summed E-state index contributed by atoms with van der Waals surface area (Å²) in [5.74, 6) is 0.416. The fourth-order valence-corrected chi connectivity index (χ4v) is 3.54. The third-order valence-electron chi connectivity index (χ3n) is 3.11. The van der Waals surface area contributed by atoms with Crippen molar-refractivity contribution in [2.24, 2.45) is 0 Å². The SMILES string of the molecule is O=C1CC(c2ccccc2O)Sc2ccccc21. The first-order chi connectivity index (χ1) is 8.75. The van der Waals surface area contributed by atoms with Crippen LogP contribution >= 0.6 is 11.8 Å². The summed E-state index contributed by atoms with van der Waals surface area (Å²) in [5.41, 5.74) is 1.64. The van der Waals surface area contributed by atoms with Gasteiger partial charge in [-0.2, -0.15) is 0 Å². The van der Waals surface area contributed by atoms with Gasteiger partial charge in [0.25, 0.3) is 0 Å². The lowest BCUT2D eigenvalue weighted by molar-refractivity contribution is 0.0976. The minimum Gasteiger partial charge on any atom is -0.508 e. The highest BCUT2D eigenvalue weighted by Gasteiger charge is 2.27. The average Bonchev–Trinajstić information content (AvgIpc) is 2.39. The monoisotopic (exact) mass is 256 g/mol. The fourth-order valence-electron chi connectivity index (χ4n) is 2.21. The standard InChI is InChI=1S/C15H12O2S/c16-12-7-3-1-5-10(12)15-9-13(17)11-6-2-4-8-14(11)18-15/h1-8,15-16H,9H2. The molecular formula is C15H12O2S. The van der Waals surface area contributed by atoms with Crippen molar-refractivity contribution in [2.75, 3.05) is 0 Å². The Morgan fingerprint density at radius 2 is 1.78 bits per heavy atom. The molecule has 0 aliphatic carbocycles. The molecule has 0 aromatic heterocycles. The first kappa shape index (κ1) is 11.4. The second-order valence-electron chi connectivity index (χ2n) is 4.29. The van der Waals surface area contributed by atoms with Gasteiger partial charge in [0.15, 0.2) is 5.78 Å². The lowest BCUT2D eigenvalue weighted by atomic mass is 10.0. The number of benzene rings is 2. The number of hydrogen-bond acceptors (Lipinski definition) is 3. The van der Waals surface area contributed by atoms with E-state index in [1.54, 1.807) is 23.9 Å². The molecule has 0 radical (unpaired) electrons. The van der Waals surface area contributed by atoms with Crippen molar-refractivity contribution in [2.45, 2.75) is 16.6 Å². The third kappa shape index (κ3) is 1.91. The number of aromatic hydroxyl groups is 1. The van der Waals surface area contributed by atoms with E-state index in [0.717, 1.165) is 16.0 Å². The molecule has 18 heavy (non-hydrogen) atoms. The molecule has 0 spiro atoms. The van der Waals surface area contributed by atoms with E-state index in [1.807, 2.05) is 36.4 Å². The lowest BCUT2D eigenvalue weighted by Crippen LogP contribution is -2.12. The molecule has 90 valence electrons. The molecule has 2 aromatic rings. The van der Waals surface area contributed by atoms with Gasteiger partial charge in [-0.05, 0) is 12.1 Å². The third-order valence-corrected chi connectivity index (χ3v) is 4.43. The first-order valence-corrected chi connectivity index (χ1v) is 6.70. The Morgan fingerprint density at radius 3 is 2.61 bits per heavy atom. The second kappa shape index (κ2) is 4.50. The Kier molecular flexibility index (Phi) is 2.84. The number of carbonyl (C=O) groups is 1. The van der Waals surface area contributed by atoms with Gasteiger partial charge in [-0.15, -0.1) is 11.8 Å².